The van der Waals surface area contributed by atoms with Crippen LogP contribution in [-0.4, -0.2) is 19.5 Å². The van der Waals surface area contributed by atoms with Crippen LogP contribution in [0, 0.1) is 0 Å². The lowest BCUT2D eigenvalue weighted by atomic mass is 9.67. The van der Waals surface area contributed by atoms with Crippen LogP contribution in [0.3, 0.4) is 0 Å². The Kier molecular flexibility index (Phi) is 10.8. The molecule has 2 aromatic heterocycles. The van der Waals surface area contributed by atoms with Gasteiger partial charge in [-0.15, -0.1) is 10.0 Å². The molecule has 5 heteroatoms. The van der Waals surface area contributed by atoms with Crippen molar-refractivity contribution in [2.24, 2.45) is 0 Å². The minimum absolute atomic E-state index is 0.508. The number of rotatable bonds is 10. The fourth-order valence-corrected chi connectivity index (χ4v) is 15.7. The summed E-state index contributed by atoms with van der Waals surface area (Å²) in [6.07, 6.45) is 0. The summed E-state index contributed by atoms with van der Waals surface area (Å²) in [5.74, 6) is 1.83. The van der Waals surface area contributed by atoms with Crippen LogP contribution in [0.4, 0.5) is 0 Å². The lowest BCUT2D eigenvalue weighted by molar-refractivity contribution is 0.769. The first kappa shape index (κ1) is 44.3. The number of para-hydroxylation sites is 1. The summed E-state index contributed by atoms with van der Waals surface area (Å²) in [5.41, 5.74) is 13.1. The van der Waals surface area contributed by atoms with E-state index in [4.69, 9.17) is 15.0 Å². The van der Waals surface area contributed by atoms with E-state index in [0.717, 1.165) is 33.4 Å². The van der Waals surface area contributed by atoms with E-state index in [2.05, 4.69) is 278 Å². The third kappa shape index (κ3) is 7.11. The van der Waals surface area contributed by atoms with E-state index >= 15 is 0 Å². The Hall–Kier alpha value is -9.42. The molecule has 0 saturated heterocycles. The second-order valence-electron chi connectivity index (χ2n) is 19.1. The van der Waals surface area contributed by atoms with Gasteiger partial charge in [0.2, 0.25) is 0 Å². The van der Waals surface area contributed by atoms with Crippen LogP contribution in [0.1, 0.15) is 22.3 Å². The van der Waals surface area contributed by atoms with E-state index in [-0.39, 0.29) is 0 Å². The molecular weight excluding hydrogens is 929 g/mol. The lowest BCUT2D eigenvalue weighted by Gasteiger charge is -2.42. The maximum atomic E-state index is 5.41. The van der Waals surface area contributed by atoms with Crippen molar-refractivity contribution in [3.8, 4) is 51.0 Å². The van der Waals surface area contributed by atoms with Gasteiger partial charge in [0.05, 0.1) is 16.4 Å². The van der Waals surface area contributed by atoms with Crippen molar-refractivity contribution in [2.45, 2.75) is 25.0 Å². The van der Waals surface area contributed by atoms with Crippen molar-refractivity contribution < 1.29 is 0 Å². The van der Waals surface area contributed by atoms with Gasteiger partial charge in [-0.3, -0.25) is 0 Å². The van der Waals surface area contributed by atoms with Crippen molar-refractivity contribution in [1.29, 1.82) is 0 Å². The highest BCUT2D eigenvalue weighted by molar-refractivity contribution is 8.34. The lowest BCUT2D eigenvalue weighted by Crippen LogP contribution is -2.28. The first-order chi connectivity index (χ1) is 37.2. The number of aromatic nitrogens is 4. The van der Waals surface area contributed by atoms with Crippen molar-refractivity contribution >= 4 is 31.8 Å². The van der Waals surface area contributed by atoms with E-state index in [1.165, 1.54) is 63.7 Å². The van der Waals surface area contributed by atoms with Gasteiger partial charge in [-0.05, 0) is 112 Å². The molecule has 4 nitrogen and oxygen atoms in total. The van der Waals surface area contributed by atoms with Crippen LogP contribution in [0.15, 0.2) is 311 Å². The Morgan fingerprint density at radius 1 is 0.293 bits per heavy atom. The predicted octanol–water partition coefficient (Wildman–Crippen LogP) is 17.7. The SMILES string of the molecule is c1ccc(-c2nc(-c3cccc(-n4c5ccccc5c5cc6c(cc54)-c4ccccc4C6(c4ccccc4)c4ccccc4)c3)nc(-c3cccc(S(c4ccccc4)(c4ccccc4)c4ccccc4)c3)n2)cc1. The summed E-state index contributed by atoms with van der Waals surface area (Å²) in [4.78, 5) is 20.9. The maximum Gasteiger partial charge on any atom is 0.164 e. The highest BCUT2D eigenvalue weighted by Crippen LogP contribution is 2.73. The highest BCUT2D eigenvalue weighted by Gasteiger charge is 2.46. The summed E-state index contributed by atoms with van der Waals surface area (Å²) >= 11 is 0. The van der Waals surface area contributed by atoms with Crippen molar-refractivity contribution in [3.63, 3.8) is 0 Å². The summed E-state index contributed by atoms with van der Waals surface area (Å²) in [6, 6.07) is 105. The molecule has 1 aliphatic carbocycles. The van der Waals surface area contributed by atoms with Gasteiger partial charge in [0.1, 0.15) is 0 Å². The number of fused-ring (bicyclic) bond motifs is 6. The average Bonchev–Trinajstić information content (AvgIpc) is 3.98. The standard InChI is InChI=1S/C70H48N4S/c1-7-25-49(26-8-1)67-71-68(73-69(72-67)51-28-24-40-58(46-51)75(55-34-13-4-14-35-55,56-36-15-5-16-37-56)57-38-17-6-18-39-57)50-27-23-33-54(45-50)74-65-44-22-20-42-60(65)62-47-64-61(48-66(62)74)59-41-19-21-43-63(59)70(64,52-29-9-2-10-30-52)53-31-11-3-12-32-53/h1-48H. The normalized spacial score (nSPS) is 12.9. The summed E-state index contributed by atoms with van der Waals surface area (Å²) in [5, 5.41) is 2.40. The van der Waals surface area contributed by atoms with Gasteiger partial charge in [-0.1, -0.05) is 212 Å². The van der Waals surface area contributed by atoms with Gasteiger partial charge in [0.15, 0.2) is 17.5 Å². The third-order valence-corrected chi connectivity index (χ3v) is 18.9. The third-order valence-electron chi connectivity index (χ3n) is 15.0. The zero-order chi connectivity index (χ0) is 49.8. The fraction of sp³-hybridized carbons (Fsp3) is 0.0143. The van der Waals surface area contributed by atoms with Gasteiger partial charge in [0, 0.05) is 52.7 Å². The van der Waals surface area contributed by atoms with Crippen molar-refractivity contribution in [2.75, 3.05) is 0 Å². The van der Waals surface area contributed by atoms with Gasteiger partial charge in [-0.2, -0.15) is 0 Å². The van der Waals surface area contributed by atoms with Gasteiger partial charge < -0.3 is 4.57 Å². The molecule has 11 aromatic carbocycles. The smallest absolute Gasteiger partial charge is 0.164 e. The van der Waals surface area contributed by atoms with Crippen LogP contribution in [0.5, 0.6) is 0 Å². The minimum atomic E-state index is -1.96. The molecule has 0 atom stereocenters. The van der Waals surface area contributed by atoms with E-state index in [9.17, 15) is 0 Å². The number of nitrogens with zero attached hydrogens (tertiary/aromatic N) is 4. The van der Waals surface area contributed by atoms with E-state index in [0.29, 0.717) is 17.5 Å². The molecule has 14 rings (SSSR count). The second kappa shape index (κ2) is 18.3. The Labute approximate surface area is 438 Å². The number of hydrogen-bond acceptors (Lipinski definition) is 3. The molecule has 354 valence electrons. The molecule has 0 saturated carbocycles. The molecule has 0 aliphatic heterocycles. The molecule has 0 amide bonds. The number of benzene rings is 11. The van der Waals surface area contributed by atoms with Crippen molar-refractivity contribution in [3.05, 3.63) is 313 Å². The van der Waals surface area contributed by atoms with Crippen molar-refractivity contribution in [1.82, 2.24) is 19.5 Å². The molecule has 0 bridgehead atoms. The largest absolute Gasteiger partial charge is 0.309 e. The first-order valence-corrected chi connectivity index (χ1v) is 27.1. The Bertz CT molecular complexity index is 4080. The zero-order valence-corrected chi connectivity index (χ0v) is 41.7. The van der Waals surface area contributed by atoms with Crippen LogP contribution in [-0.2, 0) is 5.41 Å². The van der Waals surface area contributed by atoms with Crippen LogP contribution in [0.2, 0.25) is 0 Å². The molecule has 0 unspecified atom stereocenters. The summed E-state index contributed by atoms with van der Waals surface area (Å²) in [6.45, 7) is 0. The van der Waals surface area contributed by atoms with E-state index in [1.807, 2.05) is 18.2 Å². The Morgan fingerprint density at radius 3 is 1.35 bits per heavy atom. The van der Waals surface area contributed by atoms with Crippen LogP contribution < -0.4 is 0 Å². The molecule has 1 aliphatic rings. The number of hydrogen-bond donors (Lipinski definition) is 0. The topological polar surface area (TPSA) is 43.6 Å². The second-order valence-corrected chi connectivity index (χ2v) is 22.2. The first-order valence-electron chi connectivity index (χ1n) is 25.5. The fourth-order valence-electron chi connectivity index (χ4n) is 11.8. The molecule has 75 heavy (non-hydrogen) atoms. The molecule has 2 heterocycles. The molecule has 0 radical (unpaired) electrons. The Balaban J connectivity index is 0.960. The highest BCUT2D eigenvalue weighted by atomic mass is 32.3. The average molecular weight is 977 g/mol. The van der Waals surface area contributed by atoms with E-state index < -0.39 is 15.4 Å². The molecule has 0 N–H and O–H groups in total. The molecule has 13 aromatic rings. The zero-order valence-electron chi connectivity index (χ0n) is 40.9. The summed E-state index contributed by atoms with van der Waals surface area (Å²) in [7, 11) is -1.96. The maximum absolute atomic E-state index is 5.41. The predicted molar refractivity (Wildman–Crippen MR) is 308 cm³/mol. The molecule has 0 fully saturated rings. The van der Waals surface area contributed by atoms with Gasteiger partial charge >= 0.3 is 0 Å². The summed E-state index contributed by atoms with van der Waals surface area (Å²) < 4.78 is 2.42. The minimum Gasteiger partial charge on any atom is -0.309 e. The quantitative estimate of drug-likeness (QED) is 0.137. The monoisotopic (exact) mass is 976 g/mol. The molecular formula is C70H48N4S. The van der Waals surface area contributed by atoms with E-state index in [1.54, 1.807) is 0 Å². The molecule has 0 spiro atoms. The van der Waals surface area contributed by atoms with Crippen LogP contribution in [0.25, 0.3) is 72.8 Å². The van der Waals surface area contributed by atoms with Crippen LogP contribution >= 0.6 is 10.0 Å². The van der Waals surface area contributed by atoms with Gasteiger partial charge in [-0.25, -0.2) is 15.0 Å². The Morgan fingerprint density at radius 2 is 0.747 bits per heavy atom. The van der Waals surface area contributed by atoms with Gasteiger partial charge in [0.25, 0.3) is 0 Å².